The molecule has 0 aliphatic heterocycles. The third-order valence-electron chi connectivity index (χ3n) is 5.05. The maximum Gasteiger partial charge on any atom is 0.317 e. The summed E-state index contributed by atoms with van der Waals surface area (Å²) in [6.07, 6.45) is 7.76. The molecule has 0 saturated heterocycles. The van der Waals surface area contributed by atoms with Gasteiger partial charge in [-0.05, 0) is 50.9 Å². The predicted octanol–water partition coefficient (Wildman–Crippen LogP) is 2.50. The van der Waals surface area contributed by atoms with E-state index in [2.05, 4.69) is 30.6 Å². The second kappa shape index (κ2) is 7.41. The van der Waals surface area contributed by atoms with Gasteiger partial charge in [0.2, 0.25) is 0 Å². The SMILES string of the molecule is C=CCC(C)C(C)NC1CC(N(CC(=O)O)CC2CC2)C1. The molecule has 0 aromatic carbocycles. The van der Waals surface area contributed by atoms with Crippen molar-refractivity contribution in [1.82, 2.24) is 10.2 Å². The Morgan fingerprint density at radius 1 is 1.43 bits per heavy atom. The van der Waals surface area contributed by atoms with Crippen molar-refractivity contribution in [1.29, 1.82) is 0 Å². The zero-order chi connectivity index (χ0) is 15.4. The number of carboxylic acids is 1. The quantitative estimate of drug-likeness (QED) is 0.608. The van der Waals surface area contributed by atoms with Gasteiger partial charge in [-0.15, -0.1) is 6.58 Å². The summed E-state index contributed by atoms with van der Waals surface area (Å²) < 4.78 is 0. The molecule has 4 heteroatoms. The van der Waals surface area contributed by atoms with Crippen molar-refractivity contribution in [2.45, 2.75) is 64.1 Å². The van der Waals surface area contributed by atoms with Crippen LogP contribution >= 0.6 is 0 Å². The fraction of sp³-hybridized carbons (Fsp3) is 0.824. The van der Waals surface area contributed by atoms with Crippen molar-refractivity contribution in [3.8, 4) is 0 Å². The van der Waals surface area contributed by atoms with Crippen molar-refractivity contribution in [2.24, 2.45) is 11.8 Å². The lowest BCUT2D eigenvalue weighted by molar-refractivity contribution is -0.139. The fourth-order valence-corrected chi connectivity index (χ4v) is 3.17. The molecule has 0 aromatic heterocycles. The average molecular weight is 294 g/mol. The van der Waals surface area contributed by atoms with Crippen LogP contribution in [0.25, 0.3) is 0 Å². The van der Waals surface area contributed by atoms with Crippen LogP contribution in [0, 0.1) is 11.8 Å². The molecule has 0 bridgehead atoms. The van der Waals surface area contributed by atoms with Gasteiger partial charge in [0.1, 0.15) is 0 Å². The summed E-state index contributed by atoms with van der Waals surface area (Å²) in [7, 11) is 0. The van der Waals surface area contributed by atoms with Gasteiger partial charge in [0.25, 0.3) is 0 Å². The smallest absolute Gasteiger partial charge is 0.317 e. The Hall–Kier alpha value is -0.870. The first-order valence-corrected chi connectivity index (χ1v) is 8.32. The molecule has 2 aliphatic carbocycles. The van der Waals surface area contributed by atoms with Crippen LogP contribution in [0.2, 0.25) is 0 Å². The number of carbonyl (C=O) groups is 1. The Bertz CT molecular complexity index is 362. The number of nitrogens with one attached hydrogen (secondary N) is 1. The molecule has 0 spiro atoms. The second-order valence-electron chi connectivity index (χ2n) is 7.05. The minimum absolute atomic E-state index is 0.205. The predicted molar refractivity (Wildman–Crippen MR) is 85.3 cm³/mol. The van der Waals surface area contributed by atoms with Gasteiger partial charge in [-0.2, -0.15) is 0 Å². The largest absolute Gasteiger partial charge is 0.480 e. The summed E-state index contributed by atoms with van der Waals surface area (Å²) in [6, 6.07) is 1.50. The Balaban J connectivity index is 1.72. The van der Waals surface area contributed by atoms with E-state index in [0.29, 0.717) is 24.0 Å². The first kappa shape index (κ1) is 16.5. The monoisotopic (exact) mass is 294 g/mol. The molecule has 2 rings (SSSR count). The average Bonchev–Trinajstić information content (AvgIpc) is 3.15. The van der Waals surface area contributed by atoms with Gasteiger partial charge in [-0.3, -0.25) is 9.69 Å². The number of aliphatic carboxylic acids is 1. The highest BCUT2D eigenvalue weighted by Gasteiger charge is 2.37. The third kappa shape index (κ3) is 5.11. The van der Waals surface area contributed by atoms with E-state index in [1.54, 1.807) is 0 Å². The third-order valence-corrected chi connectivity index (χ3v) is 5.05. The molecule has 0 radical (unpaired) electrons. The second-order valence-corrected chi connectivity index (χ2v) is 7.05. The number of hydrogen-bond acceptors (Lipinski definition) is 3. The van der Waals surface area contributed by atoms with Crippen LogP contribution in [0.15, 0.2) is 12.7 Å². The van der Waals surface area contributed by atoms with E-state index in [4.69, 9.17) is 5.11 Å². The van der Waals surface area contributed by atoms with Crippen LogP contribution in [-0.2, 0) is 4.79 Å². The molecule has 2 N–H and O–H groups in total. The van der Waals surface area contributed by atoms with Crippen LogP contribution in [0.1, 0.15) is 46.0 Å². The number of allylic oxidation sites excluding steroid dienone is 1. The lowest BCUT2D eigenvalue weighted by Gasteiger charge is -2.44. The molecule has 2 aliphatic rings. The number of nitrogens with zero attached hydrogens (tertiary/aromatic N) is 1. The molecule has 0 heterocycles. The highest BCUT2D eigenvalue weighted by molar-refractivity contribution is 5.69. The Morgan fingerprint density at radius 3 is 2.62 bits per heavy atom. The number of rotatable bonds is 10. The summed E-state index contributed by atoms with van der Waals surface area (Å²) in [4.78, 5) is 13.2. The van der Waals surface area contributed by atoms with Crippen LogP contribution in [-0.4, -0.2) is 47.2 Å². The number of carboxylic acid groups (broad SMARTS) is 1. The molecule has 4 nitrogen and oxygen atoms in total. The van der Waals surface area contributed by atoms with Crippen molar-refractivity contribution in [3.05, 3.63) is 12.7 Å². The molecule has 0 aromatic rings. The molecular formula is C17H30N2O2. The van der Waals surface area contributed by atoms with E-state index in [1.807, 2.05) is 6.08 Å². The van der Waals surface area contributed by atoms with Gasteiger partial charge in [0.15, 0.2) is 0 Å². The summed E-state index contributed by atoms with van der Waals surface area (Å²) in [5.74, 6) is 0.658. The summed E-state index contributed by atoms with van der Waals surface area (Å²) in [6.45, 7) is 9.47. The standard InChI is InChI=1S/C17H30N2O2/c1-4-5-12(2)13(3)18-15-8-16(9-15)19(11-17(20)21)10-14-6-7-14/h4,12-16,18H,1,5-11H2,2-3H3,(H,20,21). The molecular weight excluding hydrogens is 264 g/mol. The topological polar surface area (TPSA) is 52.6 Å². The Labute approximate surface area is 128 Å². The highest BCUT2D eigenvalue weighted by Crippen LogP contribution is 2.34. The Morgan fingerprint density at radius 2 is 2.10 bits per heavy atom. The van der Waals surface area contributed by atoms with Crippen LogP contribution < -0.4 is 5.32 Å². The molecule has 2 fully saturated rings. The first-order valence-electron chi connectivity index (χ1n) is 8.32. The zero-order valence-corrected chi connectivity index (χ0v) is 13.4. The van der Waals surface area contributed by atoms with E-state index in [-0.39, 0.29) is 6.54 Å². The molecule has 21 heavy (non-hydrogen) atoms. The van der Waals surface area contributed by atoms with Crippen LogP contribution in [0.3, 0.4) is 0 Å². The lowest BCUT2D eigenvalue weighted by atomic mass is 9.83. The minimum atomic E-state index is -0.694. The molecule has 2 unspecified atom stereocenters. The summed E-state index contributed by atoms with van der Waals surface area (Å²) >= 11 is 0. The van der Waals surface area contributed by atoms with Gasteiger partial charge in [-0.1, -0.05) is 13.0 Å². The van der Waals surface area contributed by atoms with Crippen LogP contribution in [0.5, 0.6) is 0 Å². The molecule has 0 amide bonds. The molecule has 2 saturated carbocycles. The van der Waals surface area contributed by atoms with E-state index >= 15 is 0 Å². The lowest BCUT2D eigenvalue weighted by Crippen LogP contribution is -2.56. The highest BCUT2D eigenvalue weighted by atomic mass is 16.4. The van der Waals surface area contributed by atoms with Gasteiger partial charge in [0, 0.05) is 24.7 Å². The van der Waals surface area contributed by atoms with E-state index in [9.17, 15) is 4.79 Å². The number of hydrogen-bond donors (Lipinski definition) is 2. The van der Waals surface area contributed by atoms with Gasteiger partial charge >= 0.3 is 5.97 Å². The van der Waals surface area contributed by atoms with Crippen LogP contribution in [0.4, 0.5) is 0 Å². The zero-order valence-electron chi connectivity index (χ0n) is 13.4. The molecule has 2 atom stereocenters. The summed E-state index contributed by atoms with van der Waals surface area (Å²) in [5.41, 5.74) is 0. The van der Waals surface area contributed by atoms with Gasteiger partial charge in [-0.25, -0.2) is 0 Å². The van der Waals surface area contributed by atoms with Gasteiger partial charge < -0.3 is 10.4 Å². The van der Waals surface area contributed by atoms with Gasteiger partial charge in [0.05, 0.1) is 6.54 Å². The van der Waals surface area contributed by atoms with Crippen molar-refractivity contribution >= 4 is 5.97 Å². The fourth-order valence-electron chi connectivity index (χ4n) is 3.17. The van der Waals surface area contributed by atoms with Crippen molar-refractivity contribution in [2.75, 3.05) is 13.1 Å². The first-order chi connectivity index (χ1) is 9.99. The van der Waals surface area contributed by atoms with E-state index in [0.717, 1.165) is 31.7 Å². The maximum absolute atomic E-state index is 11.0. The van der Waals surface area contributed by atoms with E-state index in [1.165, 1.54) is 12.8 Å². The maximum atomic E-state index is 11.0. The van der Waals surface area contributed by atoms with Crippen molar-refractivity contribution in [3.63, 3.8) is 0 Å². The normalized spacial score (nSPS) is 28.0. The molecule has 120 valence electrons. The Kier molecular flexibility index (Phi) is 5.82. The summed E-state index contributed by atoms with van der Waals surface area (Å²) in [5, 5.41) is 12.7. The van der Waals surface area contributed by atoms with Crippen molar-refractivity contribution < 1.29 is 9.90 Å². The minimum Gasteiger partial charge on any atom is -0.480 e. The van der Waals surface area contributed by atoms with E-state index < -0.39 is 5.97 Å².